The van der Waals surface area contributed by atoms with E-state index in [-0.39, 0.29) is 6.61 Å². The van der Waals surface area contributed by atoms with Crippen LogP contribution in [0.1, 0.15) is 40.0 Å². The molecule has 4 heteroatoms. The fourth-order valence-electron chi connectivity index (χ4n) is 1.39. The highest BCUT2D eigenvalue weighted by atomic mass is 16.5. The van der Waals surface area contributed by atoms with Gasteiger partial charge in [0.25, 0.3) is 0 Å². The van der Waals surface area contributed by atoms with Gasteiger partial charge in [-0.25, -0.2) is 0 Å². The molecule has 0 N–H and O–H groups in total. The molecular weight excluding hydrogens is 226 g/mol. The summed E-state index contributed by atoms with van der Waals surface area (Å²) in [5.74, 6) is 0.439. The summed E-state index contributed by atoms with van der Waals surface area (Å²) in [6.07, 6.45) is 4.97. The molecule has 96 valence electrons. The van der Waals surface area contributed by atoms with Crippen molar-refractivity contribution in [2.45, 2.75) is 45.6 Å². The topological polar surface area (TPSA) is 80.6 Å². The second kappa shape index (κ2) is 8.29. The first-order valence-electron chi connectivity index (χ1n) is 6.00. The van der Waals surface area contributed by atoms with Crippen molar-refractivity contribution in [3.05, 3.63) is 11.6 Å². The molecule has 4 nitrogen and oxygen atoms in total. The standard InChI is InChI=1S/C14H19N3O/c1-12(2)5-4-6-13(3)7-8-18-14(9-15,10-16)11-17/h5,13H,4,6-8H2,1-3H3. The fraction of sp³-hybridized carbons (Fsp3) is 0.643. The minimum absolute atomic E-state index is 0.255. The van der Waals surface area contributed by atoms with Gasteiger partial charge in [0, 0.05) is 0 Å². The van der Waals surface area contributed by atoms with E-state index in [1.165, 1.54) is 5.57 Å². The van der Waals surface area contributed by atoms with E-state index in [4.69, 9.17) is 20.5 Å². The van der Waals surface area contributed by atoms with Crippen LogP contribution in [0.4, 0.5) is 0 Å². The van der Waals surface area contributed by atoms with Crippen molar-refractivity contribution >= 4 is 0 Å². The summed E-state index contributed by atoms with van der Waals surface area (Å²) in [6.45, 7) is 6.48. The average Bonchev–Trinajstić information content (AvgIpc) is 2.35. The average molecular weight is 245 g/mol. The van der Waals surface area contributed by atoms with E-state index in [1.807, 2.05) is 0 Å². The van der Waals surface area contributed by atoms with Crippen LogP contribution in [0, 0.1) is 39.9 Å². The predicted octanol–water partition coefficient (Wildman–Crippen LogP) is 3.09. The molecule has 0 spiro atoms. The Kier molecular flexibility index (Phi) is 7.45. The Labute approximate surface area is 109 Å². The summed E-state index contributed by atoms with van der Waals surface area (Å²) in [5, 5.41) is 26.1. The lowest BCUT2D eigenvalue weighted by Gasteiger charge is -2.14. The first-order valence-corrected chi connectivity index (χ1v) is 6.00. The van der Waals surface area contributed by atoms with Crippen LogP contribution >= 0.6 is 0 Å². The third-order valence-electron chi connectivity index (χ3n) is 2.61. The molecule has 0 saturated carbocycles. The third kappa shape index (κ3) is 6.04. The highest BCUT2D eigenvalue weighted by Crippen LogP contribution is 2.14. The second-order valence-electron chi connectivity index (χ2n) is 4.62. The molecule has 0 aliphatic rings. The zero-order valence-corrected chi connectivity index (χ0v) is 11.2. The Balaban J connectivity index is 3.99. The lowest BCUT2D eigenvalue weighted by Crippen LogP contribution is -2.27. The summed E-state index contributed by atoms with van der Waals surface area (Å²) in [7, 11) is 0. The minimum atomic E-state index is -1.94. The van der Waals surface area contributed by atoms with Crippen LogP contribution in [0.25, 0.3) is 0 Å². The maximum atomic E-state index is 8.72. The quantitative estimate of drug-likeness (QED) is 0.645. The van der Waals surface area contributed by atoms with Crippen LogP contribution in [-0.4, -0.2) is 12.2 Å². The highest BCUT2D eigenvalue weighted by Gasteiger charge is 2.30. The van der Waals surface area contributed by atoms with Gasteiger partial charge in [-0.1, -0.05) is 18.6 Å². The summed E-state index contributed by atoms with van der Waals surface area (Å²) in [6, 6.07) is 4.78. The highest BCUT2D eigenvalue weighted by molar-refractivity contribution is 5.29. The Hall–Kier alpha value is -1.83. The number of hydrogen-bond acceptors (Lipinski definition) is 4. The van der Waals surface area contributed by atoms with Gasteiger partial charge >= 0.3 is 5.60 Å². The maximum Gasteiger partial charge on any atom is 0.328 e. The first-order chi connectivity index (χ1) is 8.49. The molecule has 0 aromatic carbocycles. The Bertz CT molecular complexity index is 366. The molecular formula is C14H19N3O. The van der Waals surface area contributed by atoms with Crippen molar-refractivity contribution in [2.24, 2.45) is 5.92 Å². The predicted molar refractivity (Wildman–Crippen MR) is 68.0 cm³/mol. The van der Waals surface area contributed by atoms with Gasteiger partial charge in [0.1, 0.15) is 18.2 Å². The molecule has 0 bridgehead atoms. The first kappa shape index (κ1) is 16.2. The molecule has 0 saturated heterocycles. The van der Waals surface area contributed by atoms with Crippen LogP contribution in [0.2, 0.25) is 0 Å². The number of rotatable bonds is 7. The number of allylic oxidation sites excluding steroid dienone is 2. The van der Waals surface area contributed by atoms with Gasteiger partial charge in [0.05, 0.1) is 6.61 Å². The normalized spacial score (nSPS) is 11.8. The monoisotopic (exact) mass is 245 g/mol. The van der Waals surface area contributed by atoms with Gasteiger partial charge in [-0.3, -0.25) is 0 Å². The van der Waals surface area contributed by atoms with Crippen LogP contribution in [0.3, 0.4) is 0 Å². The molecule has 0 aliphatic heterocycles. The van der Waals surface area contributed by atoms with Crippen molar-refractivity contribution in [3.8, 4) is 18.2 Å². The summed E-state index contributed by atoms with van der Waals surface area (Å²) < 4.78 is 5.08. The second-order valence-corrected chi connectivity index (χ2v) is 4.62. The molecule has 0 aromatic heterocycles. The van der Waals surface area contributed by atoms with Gasteiger partial charge in [-0.2, -0.15) is 15.8 Å². The van der Waals surface area contributed by atoms with Crippen LogP contribution < -0.4 is 0 Å². The Morgan fingerprint density at radius 1 is 1.17 bits per heavy atom. The molecule has 0 radical (unpaired) electrons. The summed E-state index contributed by atoms with van der Waals surface area (Å²) >= 11 is 0. The largest absolute Gasteiger partial charge is 0.337 e. The molecule has 18 heavy (non-hydrogen) atoms. The zero-order valence-electron chi connectivity index (χ0n) is 11.2. The lowest BCUT2D eigenvalue weighted by atomic mass is 10.0. The Morgan fingerprint density at radius 3 is 2.17 bits per heavy atom. The van der Waals surface area contributed by atoms with E-state index >= 15 is 0 Å². The van der Waals surface area contributed by atoms with Crippen LogP contribution in [0.15, 0.2) is 11.6 Å². The van der Waals surface area contributed by atoms with Gasteiger partial charge in [0.15, 0.2) is 0 Å². The summed E-state index contributed by atoms with van der Waals surface area (Å²) in [5.41, 5.74) is -0.643. The van der Waals surface area contributed by atoms with Crippen molar-refractivity contribution in [1.29, 1.82) is 15.8 Å². The zero-order chi connectivity index (χ0) is 14.0. The van der Waals surface area contributed by atoms with E-state index in [0.717, 1.165) is 19.3 Å². The molecule has 0 amide bonds. The van der Waals surface area contributed by atoms with E-state index in [0.29, 0.717) is 5.92 Å². The molecule has 1 unspecified atom stereocenters. The fourth-order valence-corrected chi connectivity index (χ4v) is 1.39. The minimum Gasteiger partial charge on any atom is -0.337 e. The molecule has 0 fully saturated rings. The number of hydrogen-bond donors (Lipinski definition) is 0. The van der Waals surface area contributed by atoms with Crippen molar-refractivity contribution in [3.63, 3.8) is 0 Å². The molecule has 0 heterocycles. The lowest BCUT2D eigenvalue weighted by molar-refractivity contribution is 0.0678. The van der Waals surface area contributed by atoms with Crippen LogP contribution in [-0.2, 0) is 4.74 Å². The van der Waals surface area contributed by atoms with Crippen molar-refractivity contribution in [1.82, 2.24) is 0 Å². The van der Waals surface area contributed by atoms with Crippen LogP contribution in [0.5, 0.6) is 0 Å². The Morgan fingerprint density at radius 2 is 1.72 bits per heavy atom. The van der Waals surface area contributed by atoms with E-state index < -0.39 is 5.60 Å². The SMILES string of the molecule is CC(C)=CCCC(C)CCOC(C#N)(C#N)C#N. The van der Waals surface area contributed by atoms with Crippen molar-refractivity contribution in [2.75, 3.05) is 6.61 Å². The van der Waals surface area contributed by atoms with E-state index in [1.54, 1.807) is 18.2 Å². The number of nitrogens with zero attached hydrogens (tertiary/aromatic N) is 3. The molecule has 1 atom stereocenters. The maximum absolute atomic E-state index is 8.72. The molecule has 0 rings (SSSR count). The number of ether oxygens (including phenoxy) is 1. The van der Waals surface area contributed by atoms with Crippen molar-refractivity contribution < 1.29 is 4.74 Å². The van der Waals surface area contributed by atoms with Gasteiger partial charge in [-0.05, 0) is 39.0 Å². The number of nitriles is 3. The van der Waals surface area contributed by atoms with Gasteiger partial charge in [-0.15, -0.1) is 0 Å². The van der Waals surface area contributed by atoms with E-state index in [2.05, 4.69) is 26.8 Å². The summed E-state index contributed by atoms with van der Waals surface area (Å²) in [4.78, 5) is 0. The third-order valence-corrected chi connectivity index (χ3v) is 2.61. The van der Waals surface area contributed by atoms with E-state index in [9.17, 15) is 0 Å². The molecule has 0 aliphatic carbocycles. The van der Waals surface area contributed by atoms with Gasteiger partial charge in [0.2, 0.25) is 0 Å². The smallest absolute Gasteiger partial charge is 0.328 e. The van der Waals surface area contributed by atoms with Gasteiger partial charge < -0.3 is 4.74 Å². The molecule has 0 aromatic rings.